The molecular weight excluding hydrogens is 260 g/mol. The summed E-state index contributed by atoms with van der Waals surface area (Å²) in [6.07, 6.45) is 3.24. The number of amides is 1. The van der Waals surface area contributed by atoms with E-state index in [1.54, 1.807) is 30.0 Å². The van der Waals surface area contributed by atoms with E-state index in [1.165, 1.54) is 0 Å². The molecule has 1 N–H and O–H groups in total. The van der Waals surface area contributed by atoms with Gasteiger partial charge in [0.2, 0.25) is 5.91 Å². The SMILES string of the molecule is CCOC(C)c1nccn1CC(=O)Nc1cc(C)on1. The number of nitrogens with one attached hydrogen (secondary N) is 1. The van der Waals surface area contributed by atoms with E-state index in [-0.39, 0.29) is 18.6 Å². The predicted octanol–water partition coefficient (Wildman–Crippen LogP) is 1.92. The zero-order valence-corrected chi connectivity index (χ0v) is 11.8. The van der Waals surface area contributed by atoms with Crippen molar-refractivity contribution in [1.82, 2.24) is 14.7 Å². The second-order valence-electron chi connectivity index (χ2n) is 4.38. The summed E-state index contributed by atoms with van der Waals surface area (Å²) < 4.78 is 12.1. The molecule has 2 aromatic heterocycles. The molecule has 1 amide bonds. The third-order valence-electron chi connectivity index (χ3n) is 2.74. The van der Waals surface area contributed by atoms with Gasteiger partial charge in [-0.25, -0.2) is 4.98 Å². The molecule has 0 aliphatic rings. The highest BCUT2D eigenvalue weighted by molar-refractivity contribution is 5.89. The number of imidazole rings is 1. The highest BCUT2D eigenvalue weighted by Gasteiger charge is 2.14. The van der Waals surface area contributed by atoms with Crippen LogP contribution >= 0.6 is 0 Å². The number of aryl methyl sites for hydroxylation is 1. The Morgan fingerprint density at radius 1 is 1.60 bits per heavy atom. The third-order valence-corrected chi connectivity index (χ3v) is 2.74. The fraction of sp³-hybridized carbons (Fsp3) is 0.462. The number of ether oxygens (including phenoxy) is 1. The van der Waals surface area contributed by atoms with E-state index in [1.807, 2.05) is 13.8 Å². The van der Waals surface area contributed by atoms with Crippen LogP contribution in [0.1, 0.15) is 31.5 Å². The number of rotatable bonds is 6. The van der Waals surface area contributed by atoms with Crippen molar-refractivity contribution < 1.29 is 14.1 Å². The Bertz CT molecular complexity index is 576. The summed E-state index contributed by atoms with van der Waals surface area (Å²) in [5, 5.41) is 6.38. The van der Waals surface area contributed by atoms with Gasteiger partial charge in [0.1, 0.15) is 24.2 Å². The molecule has 0 spiro atoms. The van der Waals surface area contributed by atoms with Gasteiger partial charge in [0.05, 0.1) is 0 Å². The van der Waals surface area contributed by atoms with Crippen LogP contribution in [0.25, 0.3) is 0 Å². The minimum absolute atomic E-state index is 0.151. The zero-order valence-electron chi connectivity index (χ0n) is 11.8. The van der Waals surface area contributed by atoms with E-state index in [4.69, 9.17) is 9.26 Å². The quantitative estimate of drug-likeness (QED) is 0.872. The maximum absolute atomic E-state index is 11.9. The Morgan fingerprint density at radius 2 is 2.40 bits per heavy atom. The molecule has 0 saturated carbocycles. The average molecular weight is 278 g/mol. The lowest BCUT2D eigenvalue weighted by atomic mass is 10.3. The maximum Gasteiger partial charge on any atom is 0.245 e. The van der Waals surface area contributed by atoms with Gasteiger partial charge in [0.25, 0.3) is 0 Å². The molecular formula is C13H18N4O3. The smallest absolute Gasteiger partial charge is 0.245 e. The topological polar surface area (TPSA) is 82.2 Å². The summed E-state index contributed by atoms with van der Waals surface area (Å²) in [5.74, 6) is 1.58. The van der Waals surface area contributed by atoms with E-state index in [0.29, 0.717) is 18.2 Å². The van der Waals surface area contributed by atoms with Crippen molar-refractivity contribution in [2.24, 2.45) is 0 Å². The Hall–Kier alpha value is -2.15. The van der Waals surface area contributed by atoms with E-state index in [9.17, 15) is 4.79 Å². The van der Waals surface area contributed by atoms with Crippen molar-refractivity contribution in [3.63, 3.8) is 0 Å². The number of hydrogen-bond donors (Lipinski definition) is 1. The maximum atomic E-state index is 11.9. The number of carbonyl (C=O) groups excluding carboxylic acids is 1. The molecule has 1 unspecified atom stereocenters. The van der Waals surface area contributed by atoms with Gasteiger partial charge in [-0.05, 0) is 20.8 Å². The van der Waals surface area contributed by atoms with Crippen molar-refractivity contribution >= 4 is 11.7 Å². The Labute approximate surface area is 116 Å². The van der Waals surface area contributed by atoms with Crippen molar-refractivity contribution in [2.75, 3.05) is 11.9 Å². The fourth-order valence-corrected chi connectivity index (χ4v) is 1.90. The first-order valence-electron chi connectivity index (χ1n) is 6.46. The first-order valence-corrected chi connectivity index (χ1v) is 6.46. The highest BCUT2D eigenvalue weighted by atomic mass is 16.5. The molecule has 2 heterocycles. The lowest BCUT2D eigenvalue weighted by molar-refractivity contribution is -0.116. The average Bonchev–Trinajstić information content (AvgIpc) is 2.99. The van der Waals surface area contributed by atoms with Crippen LogP contribution in [0.2, 0.25) is 0 Å². The van der Waals surface area contributed by atoms with E-state index < -0.39 is 0 Å². The van der Waals surface area contributed by atoms with Gasteiger partial charge in [-0.15, -0.1) is 0 Å². The number of hydrogen-bond acceptors (Lipinski definition) is 5. The fourth-order valence-electron chi connectivity index (χ4n) is 1.90. The third kappa shape index (κ3) is 3.45. The summed E-state index contributed by atoms with van der Waals surface area (Å²) >= 11 is 0. The van der Waals surface area contributed by atoms with Gasteiger partial charge in [-0.2, -0.15) is 0 Å². The number of carbonyl (C=O) groups is 1. The van der Waals surface area contributed by atoms with Crippen LogP contribution in [0.15, 0.2) is 23.0 Å². The van der Waals surface area contributed by atoms with Crippen molar-refractivity contribution in [3.05, 3.63) is 30.0 Å². The van der Waals surface area contributed by atoms with Gasteiger partial charge in [0, 0.05) is 25.1 Å². The molecule has 108 valence electrons. The van der Waals surface area contributed by atoms with E-state index in [2.05, 4.69) is 15.5 Å². The van der Waals surface area contributed by atoms with Crippen molar-refractivity contribution in [3.8, 4) is 0 Å². The summed E-state index contributed by atoms with van der Waals surface area (Å²) in [4.78, 5) is 16.2. The Morgan fingerprint density at radius 3 is 3.05 bits per heavy atom. The molecule has 0 bridgehead atoms. The van der Waals surface area contributed by atoms with Gasteiger partial charge in [-0.1, -0.05) is 5.16 Å². The molecule has 7 heteroatoms. The molecule has 1 atom stereocenters. The molecule has 0 aliphatic heterocycles. The summed E-state index contributed by atoms with van der Waals surface area (Å²) in [6, 6.07) is 1.66. The first kappa shape index (κ1) is 14.3. The molecule has 2 rings (SSSR count). The van der Waals surface area contributed by atoms with Crippen LogP contribution in [-0.2, 0) is 16.1 Å². The van der Waals surface area contributed by atoms with Gasteiger partial charge in [0.15, 0.2) is 5.82 Å². The summed E-state index contributed by atoms with van der Waals surface area (Å²) in [5.41, 5.74) is 0. The molecule has 20 heavy (non-hydrogen) atoms. The molecule has 0 aliphatic carbocycles. The van der Waals surface area contributed by atoms with Crippen molar-refractivity contribution in [1.29, 1.82) is 0 Å². The minimum atomic E-state index is -0.193. The van der Waals surface area contributed by atoms with E-state index in [0.717, 1.165) is 5.82 Å². The van der Waals surface area contributed by atoms with Crippen LogP contribution in [0.5, 0.6) is 0 Å². The summed E-state index contributed by atoms with van der Waals surface area (Å²) in [7, 11) is 0. The predicted molar refractivity (Wildman–Crippen MR) is 72.1 cm³/mol. The van der Waals surface area contributed by atoms with Gasteiger partial charge >= 0.3 is 0 Å². The van der Waals surface area contributed by atoms with Crippen LogP contribution < -0.4 is 5.32 Å². The number of nitrogens with zero attached hydrogens (tertiary/aromatic N) is 3. The van der Waals surface area contributed by atoms with Crippen LogP contribution in [0, 0.1) is 6.92 Å². The standard InChI is InChI=1S/C13H18N4O3/c1-4-19-10(3)13-14-5-6-17(13)8-12(18)15-11-7-9(2)20-16-11/h5-7,10H,4,8H2,1-3H3,(H,15,16,18). The van der Waals surface area contributed by atoms with Gasteiger partial charge in [-0.3, -0.25) is 4.79 Å². The number of anilines is 1. The van der Waals surface area contributed by atoms with Crippen LogP contribution in [0.4, 0.5) is 5.82 Å². The molecule has 0 fully saturated rings. The highest BCUT2D eigenvalue weighted by Crippen LogP contribution is 2.14. The molecule has 0 radical (unpaired) electrons. The number of aromatic nitrogens is 3. The summed E-state index contributed by atoms with van der Waals surface area (Å²) in [6.45, 7) is 6.34. The van der Waals surface area contributed by atoms with E-state index >= 15 is 0 Å². The second kappa shape index (κ2) is 6.33. The second-order valence-corrected chi connectivity index (χ2v) is 4.38. The largest absolute Gasteiger partial charge is 0.371 e. The normalized spacial score (nSPS) is 12.3. The molecule has 0 saturated heterocycles. The van der Waals surface area contributed by atoms with Crippen molar-refractivity contribution in [2.45, 2.75) is 33.4 Å². The molecule has 2 aromatic rings. The van der Waals surface area contributed by atoms with Gasteiger partial charge < -0.3 is 19.1 Å². The van der Waals surface area contributed by atoms with Crippen LogP contribution in [0.3, 0.4) is 0 Å². The Kier molecular flexibility index (Phi) is 4.52. The molecule has 0 aromatic carbocycles. The van der Waals surface area contributed by atoms with Crippen LogP contribution in [-0.4, -0.2) is 27.2 Å². The Balaban J connectivity index is 1.99. The monoisotopic (exact) mass is 278 g/mol. The molecule has 7 nitrogen and oxygen atoms in total. The lowest BCUT2D eigenvalue weighted by Gasteiger charge is -2.13. The minimum Gasteiger partial charge on any atom is -0.371 e. The first-order chi connectivity index (χ1) is 9.60. The zero-order chi connectivity index (χ0) is 14.5. The lowest BCUT2D eigenvalue weighted by Crippen LogP contribution is -2.21.